The van der Waals surface area contributed by atoms with Crippen LogP contribution in [-0.4, -0.2) is 73.7 Å². The standard InChI is InChI=1S/C13H23N3O2.ClH/c17-13(12-2-1-9-18-12)16-6-3-11(10-16)15-7-4-14-5-8-15;/h11-12,14H,1-10H2;1H/t11?,12-;/m1./s1. The smallest absolute Gasteiger partial charge is 0.251 e. The predicted octanol–water partition coefficient (Wildman–Crippen LogP) is 0.0933. The van der Waals surface area contributed by atoms with Gasteiger partial charge in [-0.05, 0) is 19.3 Å². The molecule has 3 saturated heterocycles. The van der Waals surface area contributed by atoms with Crippen molar-refractivity contribution in [3.05, 3.63) is 0 Å². The Morgan fingerprint density at radius 3 is 2.63 bits per heavy atom. The van der Waals surface area contributed by atoms with Crippen molar-refractivity contribution < 1.29 is 9.53 Å². The van der Waals surface area contributed by atoms with Crippen LogP contribution in [-0.2, 0) is 9.53 Å². The van der Waals surface area contributed by atoms with E-state index in [-0.39, 0.29) is 24.4 Å². The van der Waals surface area contributed by atoms with Gasteiger partial charge >= 0.3 is 0 Å². The molecule has 1 N–H and O–H groups in total. The Balaban J connectivity index is 0.00000133. The number of hydrogen-bond donors (Lipinski definition) is 1. The SMILES string of the molecule is Cl.O=C([C@H]1CCCO1)N1CCC(N2CCNCC2)C1. The Hall–Kier alpha value is -0.360. The highest BCUT2D eigenvalue weighted by molar-refractivity contribution is 5.85. The van der Waals surface area contributed by atoms with E-state index in [1.165, 1.54) is 0 Å². The third-order valence-corrected chi connectivity index (χ3v) is 4.35. The lowest BCUT2D eigenvalue weighted by Crippen LogP contribution is -2.49. The number of ether oxygens (including phenoxy) is 1. The van der Waals surface area contributed by atoms with E-state index in [0.717, 1.165) is 65.1 Å². The average molecular weight is 290 g/mol. The molecule has 0 aliphatic carbocycles. The highest BCUT2D eigenvalue weighted by Gasteiger charge is 2.35. The van der Waals surface area contributed by atoms with Crippen LogP contribution in [0.1, 0.15) is 19.3 Å². The van der Waals surface area contributed by atoms with Gasteiger partial charge in [-0.25, -0.2) is 0 Å². The fourth-order valence-electron chi connectivity index (χ4n) is 3.26. The Kier molecular flexibility index (Phi) is 5.45. The number of carbonyl (C=O) groups excluding carboxylic acids is 1. The summed E-state index contributed by atoms with van der Waals surface area (Å²) in [6, 6.07) is 0.567. The van der Waals surface area contributed by atoms with Crippen molar-refractivity contribution >= 4 is 18.3 Å². The van der Waals surface area contributed by atoms with Crippen molar-refractivity contribution in [2.24, 2.45) is 0 Å². The van der Waals surface area contributed by atoms with Gasteiger partial charge in [0.2, 0.25) is 0 Å². The first-order chi connectivity index (χ1) is 8.84. The summed E-state index contributed by atoms with van der Waals surface area (Å²) in [6.07, 6.45) is 2.92. The molecule has 3 heterocycles. The molecule has 1 unspecified atom stereocenters. The van der Waals surface area contributed by atoms with Crippen molar-refractivity contribution in [2.75, 3.05) is 45.9 Å². The van der Waals surface area contributed by atoms with Crippen LogP contribution in [0.4, 0.5) is 0 Å². The quantitative estimate of drug-likeness (QED) is 0.783. The van der Waals surface area contributed by atoms with Crippen molar-refractivity contribution in [1.82, 2.24) is 15.1 Å². The molecular weight excluding hydrogens is 266 g/mol. The van der Waals surface area contributed by atoms with Gasteiger partial charge in [0.15, 0.2) is 0 Å². The maximum absolute atomic E-state index is 12.2. The van der Waals surface area contributed by atoms with Crippen molar-refractivity contribution in [2.45, 2.75) is 31.4 Å². The number of carbonyl (C=O) groups is 1. The summed E-state index contributed by atoms with van der Waals surface area (Å²) in [5.41, 5.74) is 0. The van der Waals surface area contributed by atoms with Gasteiger partial charge < -0.3 is 15.0 Å². The lowest BCUT2D eigenvalue weighted by molar-refractivity contribution is -0.140. The fraction of sp³-hybridized carbons (Fsp3) is 0.923. The van der Waals surface area contributed by atoms with E-state index in [1.54, 1.807) is 0 Å². The molecule has 1 amide bonds. The normalized spacial score (nSPS) is 32.3. The monoisotopic (exact) mass is 289 g/mol. The van der Waals surface area contributed by atoms with Crippen LogP contribution in [0.25, 0.3) is 0 Å². The van der Waals surface area contributed by atoms with Crippen LogP contribution in [0.2, 0.25) is 0 Å². The minimum atomic E-state index is -0.147. The van der Waals surface area contributed by atoms with Gasteiger partial charge in [-0.2, -0.15) is 0 Å². The van der Waals surface area contributed by atoms with Gasteiger partial charge in [-0.3, -0.25) is 9.69 Å². The summed E-state index contributed by atoms with van der Waals surface area (Å²) in [7, 11) is 0. The van der Waals surface area contributed by atoms with Gasteiger partial charge in [-0.1, -0.05) is 0 Å². The maximum Gasteiger partial charge on any atom is 0.251 e. The lowest BCUT2D eigenvalue weighted by Gasteiger charge is -2.32. The minimum absolute atomic E-state index is 0. The Bertz CT molecular complexity index is 304. The number of halogens is 1. The molecule has 2 atom stereocenters. The predicted molar refractivity (Wildman–Crippen MR) is 75.6 cm³/mol. The van der Waals surface area contributed by atoms with Crippen LogP contribution in [0.15, 0.2) is 0 Å². The molecule has 0 bridgehead atoms. The van der Waals surface area contributed by atoms with Crippen molar-refractivity contribution in [3.8, 4) is 0 Å². The molecule has 5 nitrogen and oxygen atoms in total. The Morgan fingerprint density at radius 1 is 1.16 bits per heavy atom. The summed E-state index contributed by atoms with van der Waals surface area (Å²) in [6.45, 7) is 6.96. The van der Waals surface area contributed by atoms with E-state index in [2.05, 4.69) is 10.2 Å². The summed E-state index contributed by atoms with van der Waals surface area (Å²) < 4.78 is 5.49. The molecule has 0 aromatic heterocycles. The number of nitrogens with one attached hydrogen (secondary N) is 1. The van der Waals surface area contributed by atoms with E-state index in [1.807, 2.05) is 4.90 Å². The van der Waals surface area contributed by atoms with E-state index >= 15 is 0 Å². The highest BCUT2D eigenvalue weighted by atomic mass is 35.5. The van der Waals surface area contributed by atoms with Gasteiger partial charge in [0.1, 0.15) is 6.10 Å². The van der Waals surface area contributed by atoms with E-state index in [9.17, 15) is 4.79 Å². The maximum atomic E-state index is 12.2. The first-order valence-corrected chi connectivity index (χ1v) is 7.20. The largest absolute Gasteiger partial charge is 0.368 e. The molecule has 110 valence electrons. The van der Waals surface area contributed by atoms with Gasteiger partial charge in [0, 0.05) is 51.9 Å². The van der Waals surface area contributed by atoms with Crippen molar-refractivity contribution in [3.63, 3.8) is 0 Å². The number of likely N-dealkylation sites (tertiary alicyclic amines) is 1. The second-order valence-corrected chi connectivity index (χ2v) is 5.51. The van der Waals surface area contributed by atoms with Crippen LogP contribution in [0, 0.1) is 0 Å². The summed E-state index contributed by atoms with van der Waals surface area (Å²) in [4.78, 5) is 16.8. The molecule has 0 radical (unpaired) electrons. The summed E-state index contributed by atoms with van der Waals surface area (Å²) in [5, 5.41) is 3.37. The zero-order chi connectivity index (χ0) is 12.4. The van der Waals surface area contributed by atoms with Gasteiger partial charge in [0.25, 0.3) is 5.91 Å². The first kappa shape index (κ1) is 15.0. The molecule has 6 heteroatoms. The lowest BCUT2D eigenvalue weighted by atomic mass is 10.2. The van der Waals surface area contributed by atoms with Gasteiger partial charge in [0.05, 0.1) is 0 Å². The molecule has 3 aliphatic heterocycles. The highest BCUT2D eigenvalue weighted by Crippen LogP contribution is 2.21. The third-order valence-electron chi connectivity index (χ3n) is 4.35. The number of hydrogen-bond acceptors (Lipinski definition) is 4. The number of amides is 1. The van der Waals surface area contributed by atoms with Crippen LogP contribution < -0.4 is 5.32 Å². The first-order valence-electron chi connectivity index (χ1n) is 7.20. The van der Waals surface area contributed by atoms with Crippen LogP contribution in [0.3, 0.4) is 0 Å². The average Bonchev–Trinajstić information content (AvgIpc) is 3.10. The molecule has 0 spiro atoms. The van der Waals surface area contributed by atoms with Gasteiger partial charge in [-0.15, -0.1) is 12.4 Å². The van der Waals surface area contributed by atoms with E-state index in [0.29, 0.717) is 6.04 Å². The van der Waals surface area contributed by atoms with E-state index < -0.39 is 0 Å². The van der Waals surface area contributed by atoms with Crippen LogP contribution >= 0.6 is 12.4 Å². The third kappa shape index (κ3) is 3.40. The second kappa shape index (κ2) is 6.88. The fourth-order valence-corrected chi connectivity index (χ4v) is 3.26. The molecule has 0 saturated carbocycles. The number of piperazine rings is 1. The summed E-state index contributed by atoms with van der Waals surface area (Å²) in [5.74, 6) is 0.227. The van der Waals surface area contributed by atoms with E-state index in [4.69, 9.17) is 4.74 Å². The number of rotatable bonds is 2. The van der Waals surface area contributed by atoms with Crippen molar-refractivity contribution in [1.29, 1.82) is 0 Å². The Morgan fingerprint density at radius 2 is 1.95 bits per heavy atom. The molecule has 0 aromatic carbocycles. The molecule has 3 aliphatic rings. The number of nitrogens with zero attached hydrogens (tertiary/aromatic N) is 2. The van der Waals surface area contributed by atoms with Crippen LogP contribution in [0.5, 0.6) is 0 Å². The Labute approximate surface area is 121 Å². The summed E-state index contributed by atoms with van der Waals surface area (Å²) >= 11 is 0. The molecule has 3 rings (SSSR count). The topological polar surface area (TPSA) is 44.8 Å². The molecule has 3 fully saturated rings. The molecule has 19 heavy (non-hydrogen) atoms. The molecule has 0 aromatic rings. The minimum Gasteiger partial charge on any atom is -0.368 e. The molecular formula is C13H24ClN3O2. The zero-order valence-corrected chi connectivity index (χ0v) is 12.2. The second-order valence-electron chi connectivity index (χ2n) is 5.51. The zero-order valence-electron chi connectivity index (χ0n) is 11.3.